The Labute approximate surface area is 196 Å². The number of phenolic OH excluding ortho intramolecular Hbond substituents is 2. The first-order chi connectivity index (χ1) is 16.4. The maximum atomic E-state index is 13.0. The number of hydrogen-bond donors (Lipinski definition) is 6. The number of nitrogens with zero attached hydrogens (tertiary/aromatic N) is 4. The molecule has 0 saturated carbocycles. The number of amides is 1. The molecule has 2 aromatic carbocycles. The average molecular weight is 463 g/mol. The fourth-order valence-corrected chi connectivity index (χ4v) is 4.53. The number of likely N-dealkylation sites (tertiary alicyclic amines) is 1. The molecule has 1 atom stereocenters. The van der Waals surface area contributed by atoms with E-state index in [0.29, 0.717) is 48.2 Å². The summed E-state index contributed by atoms with van der Waals surface area (Å²) in [5.41, 5.74) is 12.5. The van der Waals surface area contributed by atoms with Gasteiger partial charge in [0.1, 0.15) is 11.5 Å². The van der Waals surface area contributed by atoms with Gasteiger partial charge in [0, 0.05) is 73.4 Å². The van der Waals surface area contributed by atoms with Gasteiger partial charge >= 0.3 is 0 Å². The van der Waals surface area contributed by atoms with Crippen LogP contribution in [0.15, 0.2) is 42.6 Å². The Balaban J connectivity index is 1.23. The van der Waals surface area contributed by atoms with E-state index in [9.17, 15) is 15.0 Å². The van der Waals surface area contributed by atoms with Crippen molar-refractivity contribution in [2.75, 3.05) is 29.6 Å². The van der Waals surface area contributed by atoms with Crippen LogP contribution in [0.5, 0.6) is 11.5 Å². The molecule has 1 aromatic heterocycles. The van der Waals surface area contributed by atoms with Crippen LogP contribution in [-0.4, -0.2) is 55.0 Å². The van der Waals surface area contributed by atoms with Gasteiger partial charge in [-0.3, -0.25) is 15.5 Å². The smallest absolute Gasteiger partial charge is 0.253 e. The Morgan fingerprint density at radius 2 is 1.91 bits per heavy atom. The van der Waals surface area contributed by atoms with Crippen molar-refractivity contribution in [2.24, 2.45) is 5.84 Å². The third kappa shape index (κ3) is 4.26. The van der Waals surface area contributed by atoms with Crippen molar-refractivity contribution in [3.05, 3.63) is 59.4 Å². The second kappa shape index (κ2) is 8.69. The monoisotopic (exact) mass is 462 g/mol. The quantitative estimate of drug-likeness (QED) is 0.187. The number of anilines is 4. The molecule has 3 heterocycles. The first kappa shape index (κ1) is 21.7. The third-order valence-electron chi connectivity index (χ3n) is 6.26. The van der Waals surface area contributed by atoms with Crippen LogP contribution in [0.2, 0.25) is 0 Å². The normalized spacial score (nSPS) is 17.6. The summed E-state index contributed by atoms with van der Waals surface area (Å²) in [4.78, 5) is 26.1. The number of aromatic nitrogens is 2. The topological polar surface area (TPSA) is 166 Å². The molecular weight excluding hydrogens is 436 g/mol. The van der Waals surface area contributed by atoms with Crippen LogP contribution in [-0.2, 0) is 13.1 Å². The van der Waals surface area contributed by atoms with Gasteiger partial charge in [-0.2, -0.15) is 0 Å². The number of fused-ring (bicyclic) bond motifs is 1. The molecule has 11 heteroatoms. The second-order valence-corrected chi connectivity index (χ2v) is 8.57. The lowest BCUT2D eigenvalue weighted by Crippen LogP contribution is -2.36. The zero-order chi connectivity index (χ0) is 23.8. The summed E-state index contributed by atoms with van der Waals surface area (Å²) in [7, 11) is 0. The van der Waals surface area contributed by atoms with Crippen LogP contribution >= 0.6 is 0 Å². The number of nitrogen functional groups attached to an aromatic ring is 2. The zero-order valence-electron chi connectivity index (χ0n) is 18.4. The fourth-order valence-electron chi connectivity index (χ4n) is 4.53. The molecule has 1 unspecified atom stereocenters. The maximum absolute atomic E-state index is 13.0. The fraction of sp³-hybridized carbons (Fsp3) is 0.261. The molecular formula is C23H26N8O3. The number of benzene rings is 2. The lowest BCUT2D eigenvalue weighted by Gasteiger charge is -2.23. The van der Waals surface area contributed by atoms with Crippen LogP contribution in [0.4, 0.5) is 23.0 Å². The van der Waals surface area contributed by atoms with Crippen molar-refractivity contribution in [3.63, 3.8) is 0 Å². The SMILES string of the molecule is NNc1ccc(C(=O)N2CCC(N3Cc4cnc(Nc5cc(O)cc(O)c5)nc4C3)C2)cc1N. The number of aromatic hydroxyl groups is 2. The van der Waals surface area contributed by atoms with Crippen LogP contribution in [0.3, 0.4) is 0 Å². The number of carbonyl (C=O) groups is 1. The summed E-state index contributed by atoms with van der Waals surface area (Å²) in [6, 6.07) is 9.52. The lowest BCUT2D eigenvalue weighted by atomic mass is 10.1. The number of phenols is 2. The maximum Gasteiger partial charge on any atom is 0.253 e. The van der Waals surface area contributed by atoms with E-state index in [4.69, 9.17) is 11.6 Å². The Morgan fingerprint density at radius 3 is 2.65 bits per heavy atom. The summed E-state index contributed by atoms with van der Waals surface area (Å²) in [5, 5.41) is 22.3. The van der Waals surface area contributed by atoms with E-state index < -0.39 is 0 Å². The number of nitrogens with one attached hydrogen (secondary N) is 2. The number of rotatable bonds is 5. The number of nitrogens with two attached hydrogens (primary N) is 2. The second-order valence-electron chi connectivity index (χ2n) is 8.57. The van der Waals surface area contributed by atoms with Gasteiger partial charge in [-0.25, -0.2) is 9.97 Å². The van der Waals surface area contributed by atoms with Gasteiger partial charge in [-0.15, -0.1) is 0 Å². The van der Waals surface area contributed by atoms with Gasteiger partial charge in [0.15, 0.2) is 0 Å². The average Bonchev–Trinajstić information content (AvgIpc) is 3.45. The minimum Gasteiger partial charge on any atom is -0.508 e. The minimum atomic E-state index is -0.0511. The first-order valence-electron chi connectivity index (χ1n) is 10.9. The van der Waals surface area contributed by atoms with E-state index in [0.717, 1.165) is 24.2 Å². The molecule has 0 bridgehead atoms. The molecule has 1 saturated heterocycles. The van der Waals surface area contributed by atoms with Gasteiger partial charge in [0.25, 0.3) is 5.91 Å². The van der Waals surface area contributed by atoms with E-state index in [-0.39, 0.29) is 23.4 Å². The zero-order valence-corrected chi connectivity index (χ0v) is 18.4. The first-order valence-corrected chi connectivity index (χ1v) is 10.9. The third-order valence-corrected chi connectivity index (χ3v) is 6.26. The van der Waals surface area contributed by atoms with E-state index >= 15 is 0 Å². The summed E-state index contributed by atoms with van der Waals surface area (Å²) in [6.07, 6.45) is 2.67. The van der Waals surface area contributed by atoms with Crippen LogP contribution < -0.4 is 22.3 Å². The van der Waals surface area contributed by atoms with Crippen LogP contribution in [0, 0.1) is 0 Å². The molecule has 2 aliphatic heterocycles. The van der Waals surface area contributed by atoms with Crippen molar-refractivity contribution < 1.29 is 15.0 Å². The highest BCUT2D eigenvalue weighted by Crippen LogP contribution is 2.30. The molecule has 8 N–H and O–H groups in total. The molecule has 5 rings (SSSR count). The van der Waals surface area contributed by atoms with Crippen molar-refractivity contribution in [1.29, 1.82) is 0 Å². The van der Waals surface area contributed by atoms with Gasteiger partial charge in [0.05, 0.1) is 17.1 Å². The largest absolute Gasteiger partial charge is 0.508 e. The Kier molecular flexibility index (Phi) is 5.56. The van der Waals surface area contributed by atoms with E-state index in [1.165, 1.54) is 18.2 Å². The van der Waals surface area contributed by atoms with Gasteiger partial charge in [-0.05, 0) is 24.6 Å². The molecule has 0 aliphatic carbocycles. The summed E-state index contributed by atoms with van der Waals surface area (Å²) in [5.74, 6) is 5.66. The standard InChI is InChI=1S/C23H26N8O3/c24-19-5-13(1-2-20(19)29-25)22(34)30-4-3-16(11-30)31-10-14-9-26-23(28-21(14)12-31)27-15-6-17(32)8-18(33)7-15/h1-2,5-9,16,29,32-33H,3-4,10-12,24-25H2,(H,26,27,28). The molecule has 1 fully saturated rings. The Bertz CT molecular complexity index is 1230. The number of hydrazine groups is 1. The minimum absolute atomic E-state index is 0.0462. The molecule has 3 aromatic rings. The van der Waals surface area contributed by atoms with E-state index in [1.54, 1.807) is 24.4 Å². The van der Waals surface area contributed by atoms with Gasteiger partial charge in [0.2, 0.25) is 5.95 Å². The van der Waals surface area contributed by atoms with Crippen molar-refractivity contribution in [3.8, 4) is 11.5 Å². The highest BCUT2D eigenvalue weighted by atomic mass is 16.3. The van der Waals surface area contributed by atoms with Crippen LogP contribution in [0.1, 0.15) is 28.0 Å². The lowest BCUT2D eigenvalue weighted by molar-refractivity contribution is 0.0776. The Hall–Kier alpha value is -4.09. The molecule has 176 valence electrons. The predicted molar refractivity (Wildman–Crippen MR) is 127 cm³/mol. The predicted octanol–water partition coefficient (Wildman–Crippen LogP) is 1.73. The van der Waals surface area contributed by atoms with E-state index in [1.807, 2.05) is 4.90 Å². The molecule has 1 amide bonds. The van der Waals surface area contributed by atoms with Crippen LogP contribution in [0.25, 0.3) is 0 Å². The Morgan fingerprint density at radius 1 is 1.12 bits per heavy atom. The molecule has 34 heavy (non-hydrogen) atoms. The molecule has 11 nitrogen and oxygen atoms in total. The summed E-state index contributed by atoms with van der Waals surface area (Å²) < 4.78 is 0. The van der Waals surface area contributed by atoms with Gasteiger partial charge in [-0.1, -0.05) is 0 Å². The van der Waals surface area contributed by atoms with E-state index in [2.05, 4.69) is 25.6 Å². The van der Waals surface area contributed by atoms with Crippen molar-refractivity contribution in [2.45, 2.75) is 25.6 Å². The highest BCUT2D eigenvalue weighted by Gasteiger charge is 2.34. The molecule has 2 aliphatic rings. The summed E-state index contributed by atoms with van der Waals surface area (Å²) >= 11 is 0. The van der Waals surface area contributed by atoms with Crippen molar-refractivity contribution in [1.82, 2.24) is 19.8 Å². The highest BCUT2D eigenvalue weighted by molar-refractivity contribution is 5.96. The molecule has 0 spiro atoms. The van der Waals surface area contributed by atoms with Crippen molar-refractivity contribution >= 4 is 28.9 Å². The molecule has 0 radical (unpaired) electrons. The summed E-state index contributed by atoms with van der Waals surface area (Å²) in [6.45, 7) is 2.69. The van der Waals surface area contributed by atoms with Gasteiger partial charge < -0.3 is 31.6 Å². The number of hydrogen-bond acceptors (Lipinski definition) is 10. The number of carbonyl (C=O) groups excluding carboxylic acids is 1.